The summed E-state index contributed by atoms with van der Waals surface area (Å²) in [5.74, 6) is -0.679. The van der Waals surface area contributed by atoms with Gasteiger partial charge in [-0.15, -0.1) is 0 Å². The van der Waals surface area contributed by atoms with E-state index < -0.39 is 5.97 Å². The molecule has 1 N–H and O–H groups in total. The van der Waals surface area contributed by atoms with Crippen molar-refractivity contribution in [3.63, 3.8) is 0 Å². The molecule has 0 aliphatic heterocycles. The van der Waals surface area contributed by atoms with Crippen LogP contribution in [-0.4, -0.2) is 11.1 Å². The van der Waals surface area contributed by atoms with Gasteiger partial charge >= 0.3 is 5.97 Å². The topological polar surface area (TPSA) is 37.3 Å². The quantitative estimate of drug-likeness (QED) is 0.348. The zero-order chi connectivity index (χ0) is 14.9. The van der Waals surface area contributed by atoms with Crippen LogP contribution >= 0.6 is 0 Å². The molecule has 114 valence electrons. The maximum atomic E-state index is 10.3. The minimum Gasteiger partial charge on any atom is -0.481 e. The molecule has 0 heterocycles. The molecule has 0 unspecified atom stereocenters. The second-order valence-corrected chi connectivity index (χ2v) is 5.02. The molecule has 2 heteroatoms. The molecule has 0 spiro atoms. The molecule has 2 nitrogen and oxygen atoms in total. The molecule has 0 amide bonds. The Morgan fingerprint density at radius 3 is 1.95 bits per heavy atom. The van der Waals surface area contributed by atoms with Gasteiger partial charge in [0.15, 0.2) is 0 Å². The van der Waals surface area contributed by atoms with Gasteiger partial charge in [0.1, 0.15) is 0 Å². The standard InChI is InChI=1S/C18H30O2/c1-2-3-4-5-6-7-8-9-10-11-12-13-14-15-16-17-18(19)20/h4-5,7-8,10-11H,2-3,6,9,12-17H2,1H3,(H,19,20)/b5-4?,8-7?,11-10-. The average molecular weight is 278 g/mol. The van der Waals surface area contributed by atoms with Gasteiger partial charge in [0.2, 0.25) is 0 Å². The van der Waals surface area contributed by atoms with E-state index in [1.165, 1.54) is 19.3 Å². The number of aliphatic carboxylic acids is 1. The molecule has 0 atom stereocenters. The lowest BCUT2D eigenvalue weighted by Crippen LogP contribution is -1.93. The van der Waals surface area contributed by atoms with Crippen LogP contribution in [0.4, 0.5) is 0 Å². The van der Waals surface area contributed by atoms with Crippen molar-refractivity contribution in [2.75, 3.05) is 0 Å². The van der Waals surface area contributed by atoms with E-state index in [2.05, 4.69) is 43.4 Å². The first-order chi connectivity index (χ1) is 9.77. The molecule has 0 aromatic heterocycles. The molecular formula is C18H30O2. The van der Waals surface area contributed by atoms with Crippen molar-refractivity contribution in [1.29, 1.82) is 0 Å². The second-order valence-electron chi connectivity index (χ2n) is 5.02. The van der Waals surface area contributed by atoms with E-state index >= 15 is 0 Å². The van der Waals surface area contributed by atoms with Crippen molar-refractivity contribution in [3.05, 3.63) is 36.5 Å². The van der Waals surface area contributed by atoms with Crippen molar-refractivity contribution < 1.29 is 9.90 Å². The first kappa shape index (κ1) is 18.7. The molecule has 20 heavy (non-hydrogen) atoms. The fourth-order valence-electron chi connectivity index (χ4n) is 1.84. The monoisotopic (exact) mass is 278 g/mol. The number of carbonyl (C=O) groups is 1. The number of hydrogen-bond acceptors (Lipinski definition) is 1. The third-order valence-corrected chi connectivity index (χ3v) is 3.01. The van der Waals surface area contributed by atoms with E-state index in [4.69, 9.17) is 5.11 Å². The minimum atomic E-state index is -0.679. The van der Waals surface area contributed by atoms with E-state index in [9.17, 15) is 4.79 Å². The highest BCUT2D eigenvalue weighted by Crippen LogP contribution is 2.06. The Bertz CT molecular complexity index is 301. The van der Waals surface area contributed by atoms with Gasteiger partial charge in [0, 0.05) is 6.42 Å². The third-order valence-electron chi connectivity index (χ3n) is 3.01. The molecule has 0 bridgehead atoms. The Kier molecular flexibility index (Phi) is 14.7. The summed E-state index contributed by atoms with van der Waals surface area (Å²) in [7, 11) is 0. The highest BCUT2D eigenvalue weighted by molar-refractivity contribution is 5.66. The molecule has 0 radical (unpaired) electrons. The predicted octanol–water partition coefficient (Wildman–Crippen LogP) is 5.66. The molecule has 0 aromatic carbocycles. The van der Waals surface area contributed by atoms with Crippen LogP contribution in [0.2, 0.25) is 0 Å². The van der Waals surface area contributed by atoms with Gasteiger partial charge in [-0.25, -0.2) is 0 Å². The molecular weight excluding hydrogens is 248 g/mol. The molecule has 0 aliphatic rings. The molecule has 0 fully saturated rings. The molecule has 0 saturated heterocycles. The summed E-state index contributed by atoms with van der Waals surface area (Å²) in [6, 6.07) is 0. The number of unbranched alkanes of at least 4 members (excludes halogenated alkanes) is 5. The molecule has 0 rings (SSSR count). The smallest absolute Gasteiger partial charge is 0.303 e. The van der Waals surface area contributed by atoms with Crippen LogP contribution in [0.25, 0.3) is 0 Å². The Labute approximate surface area is 124 Å². The summed E-state index contributed by atoms with van der Waals surface area (Å²) in [6.45, 7) is 2.19. The van der Waals surface area contributed by atoms with Crippen LogP contribution < -0.4 is 0 Å². The van der Waals surface area contributed by atoms with Gasteiger partial charge in [-0.3, -0.25) is 4.79 Å². The average Bonchev–Trinajstić information content (AvgIpc) is 2.43. The van der Waals surface area contributed by atoms with Gasteiger partial charge in [-0.2, -0.15) is 0 Å². The van der Waals surface area contributed by atoms with E-state index in [-0.39, 0.29) is 0 Å². The van der Waals surface area contributed by atoms with E-state index in [0.717, 1.165) is 38.5 Å². The van der Waals surface area contributed by atoms with Crippen LogP contribution in [0.3, 0.4) is 0 Å². The first-order valence-electron chi connectivity index (χ1n) is 7.94. The summed E-state index contributed by atoms with van der Waals surface area (Å²) in [4.78, 5) is 10.3. The minimum absolute atomic E-state index is 0.313. The Morgan fingerprint density at radius 1 is 0.800 bits per heavy atom. The maximum absolute atomic E-state index is 10.3. The van der Waals surface area contributed by atoms with Crippen LogP contribution in [0.1, 0.15) is 71.1 Å². The van der Waals surface area contributed by atoms with Gasteiger partial charge in [-0.1, -0.05) is 62.6 Å². The van der Waals surface area contributed by atoms with Crippen molar-refractivity contribution in [2.24, 2.45) is 0 Å². The van der Waals surface area contributed by atoms with Gasteiger partial charge in [0.05, 0.1) is 0 Å². The lowest BCUT2D eigenvalue weighted by molar-refractivity contribution is -0.137. The predicted molar refractivity (Wildman–Crippen MR) is 86.9 cm³/mol. The zero-order valence-electron chi connectivity index (χ0n) is 12.9. The van der Waals surface area contributed by atoms with Crippen molar-refractivity contribution in [2.45, 2.75) is 71.1 Å². The molecule has 0 saturated carbocycles. The van der Waals surface area contributed by atoms with E-state index in [1.54, 1.807) is 0 Å². The first-order valence-corrected chi connectivity index (χ1v) is 7.94. The van der Waals surface area contributed by atoms with Gasteiger partial charge in [-0.05, 0) is 38.5 Å². The molecule has 0 aromatic rings. The van der Waals surface area contributed by atoms with E-state index in [1.807, 2.05) is 0 Å². The fourth-order valence-corrected chi connectivity index (χ4v) is 1.84. The Morgan fingerprint density at radius 2 is 1.35 bits per heavy atom. The lowest BCUT2D eigenvalue weighted by atomic mass is 10.1. The number of hydrogen-bond donors (Lipinski definition) is 1. The number of carboxylic acid groups (broad SMARTS) is 1. The van der Waals surface area contributed by atoms with E-state index in [0.29, 0.717) is 6.42 Å². The lowest BCUT2D eigenvalue weighted by Gasteiger charge is -1.96. The van der Waals surface area contributed by atoms with Crippen molar-refractivity contribution >= 4 is 5.97 Å². The van der Waals surface area contributed by atoms with Gasteiger partial charge < -0.3 is 5.11 Å². The van der Waals surface area contributed by atoms with Crippen LogP contribution in [0.5, 0.6) is 0 Å². The summed E-state index contributed by atoms with van der Waals surface area (Å²) < 4.78 is 0. The fraction of sp³-hybridized carbons (Fsp3) is 0.611. The summed E-state index contributed by atoms with van der Waals surface area (Å²) in [5, 5.41) is 8.50. The van der Waals surface area contributed by atoms with Crippen LogP contribution in [0, 0.1) is 0 Å². The zero-order valence-corrected chi connectivity index (χ0v) is 12.9. The molecule has 0 aliphatic carbocycles. The number of rotatable bonds is 13. The Balaban J connectivity index is 3.27. The van der Waals surface area contributed by atoms with Crippen LogP contribution in [-0.2, 0) is 4.79 Å². The van der Waals surface area contributed by atoms with Crippen molar-refractivity contribution in [3.8, 4) is 0 Å². The maximum Gasteiger partial charge on any atom is 0.303 e. The third kappa shape index (κ3) is 16.7. The summed E-state index contributed by atoms with van der Waals surface area (Å²) in [5.41, 5.74) is 0. The highest BCUT2D eigenvalue weighted by Gasteiger charge is 1.95. The van der Waals surface area contributed by atoms with Crippen LogP contribution in [0.15, 0.2) is 36.5 Å². The largest absolute Gasteiger partial charge is 0.481 e. The van der Waals surface area contributed by atoms with Gasteiger partial charge in [0.25, 0.3) is 0 Å². The SMILES string of the molecule is CCCC=CCC=CC/C=C\CCCCCCC(=O)O. The number of carboxylic acids is 1. The normalized spacial score (nSPS) is 12.1. The number of allylic oxidation sites excluding steroid dienone is 6. The summed E-state index contributed by atoms with van der Waals surface area (Å²) in [6.07, 6.45) is 23.3. The Hall–Kier alpha value is -1.31. The second kappa shape index (κ2) is 15.7. The highest BCUT2D eigenvalue weighted by atomic mass is 16.4. The van der Waals surface area contributed by atoms with Crippen molar-refractivity contribution in [1.82, 2.24) is 0 Å². The summed E-state index contributed by atoms with van der Waals surface area (Å²) >= 11 is 0.